The van der Waals surface area contributed by atoms with Gasteiger partial charge >= 0.3 is 0 Å². The molecule has 0 saturated heterocycles. The zero-order chi connectivity index (χ0) is 19.1. The first-order chi connectivity index (χ1) is 12.3. The van der Waals surface area contributed by atoms with Crippen LogP contribution in [0.4, 0.5) is 5.69 Å². The Hall–Kier alpha value is -2.86. The van der Waals surface area contributed by atoms with Gasteiger partial charge in [0, 0.05) is 24.1 Å². The molecule has 2 amide bonds. The molecule has 0 aliphatic heterocycles. The number of hydrogen-bond acceptors (Lipinski definition) is 4. The van der Waals surface area contributed by atoms with Crippen molar-refractivity contribution in [2.75, 3.05) is 11.9 Å². The molecule has 0 aliphatic rings. The van der Waals surface area contributed by atoms with Crippen molar-refractivity contribution in [3.63, 3.8) is 0 Å². The van der Waals surface area contributed by atoms with E-state index in [-0.39, 0.29) is 30.0 Å². The summed E-state index contributed by atoms with van der Waals surface area (Å²) in [5, 5.41) is 5.96. The number of amides is 2. The summed E-state index contributed by atoms with van der Waals surface area (Å²) in [6.45, 7) is 2.88. The van der Waals surface area contributed by atoms with Crippen LogP contribution in [-0.4, -0.2) is 24.2 Å². The van der Waals surface area contributed by atoms with E-state index in [1.54, 1.807) is 24.3 Å². The Labute approximate surface area is 156 Å². The monoisotopic (exact) mass is 374 g/mol. The van der Waals surface area contributed by atoms with E-state index in [2.05, 4.69) is 10.6 Å². The predicted octanol–water partition coefficient (Wildman–Crippen LogP) is 3.20. The standard InChI is InChI=1S/C19H19ClN2O4/c1-12(23)15-5-8-17(22-13(2)24)18(9-15)26-11-19(25)21-10-14-3-6-16(20)7-4-14/h3-9H,10-11H2,1-2H3,(H,21,25)(H,22,24). The van der Waals surface area contributed by atoms with Gasteiger partial charge in [-0.15, -0.1) is 0 Å². The molecule has 0 radical (unpaired) electrons. The molecule has 6 nitrogen and oxygen atoms in total. The molecule has 0 spiro atoms. The summed E-state index contributed by atoms with van der Waals surface area (Å²) in [5.74, 6) is -0.495. The van der Waals surface area contributed by atoms with Gasteiger partial charge in [0.05, 0.1) is 5.69 Å². The van der Waals surface area contributed by atoms with Crippen LogP contribution in [0.15, 0.2) is 42.5 Å². The van der Waals surface area contributed by atoms with Crippen LogP contribution in [0, 0.1) is 0 Å². The van der Waals surface area contributed by atoms with Crippen molar-refractivity contribution in [2.45, 2.75) is 20.4 Å². The van der Waals surface area contributed by atoms with Crippen LogP contribution in [0.2, 0.25) is 5.02 Å². The Balaban J connectivity index is 1.98. The quantitative estimate of drug-likeness (QED) is 0.729. The molecule has 7 heteroatoms. The molecular formula is C19H19ClN2O4. The smallest absolute Gasteiger partial charge is 0.258 e. The van der Waals surface area contributed by atoms with E-state index >= 15 is 0 Å². The lowest BCUT2D eigenvalue weighted by Gasteiger charge is -2.13. The van der Waals surface area contributed by atoms with E-state index < -0.39 is 0 Å². The van der Waals surface area contributed by atoms with Gasteiger partial charge in [-0.2, -0.15) is 0 Å². The molecule has 0 fully saturated rings. The highest BCUT2D eigenvalue weighted by Gasteiger charge is 2.11. The average Bonchev–Trinajstić information content (AvgIpc) is 2.59. The average molecular weight is 375 g/mol. The van der Waals surface area contributed by atoms with Crippen molar-refractivity contribution in [1.29, 1.82) is 0 Å². The van der Waals surface area contributed by atoms with Crippen LogP contribution >= 0.6 is 11.6 Å². The molecule has 0 aromatic heterocycles. The van der Waals surface area contributed by atoms with Crippen molar-refractivity contribution in [3.05, 3.63) is 58.6 Å². The zero-order valence-electron chi connectivity index (χ0n) is 14.5. The number of ketones is 1. The highest BCUT2D eigenvalue weighted by molar-refractivity contribution is 6.30. The molecule has 26 heavy (non-hydrogen) atoms. The topological polar surface area (TPSA) is 84.5 Å². The third-order valence-corrected chi connectivity index (χ3v) is 3.71. The normalized spacial score (nSPS) is 10.1. The fourth-order valence-corrected chi connectivity index (χ4v) is 2.28. The minimum atomic E-state index is -0.332. The third-order valence-electron chi connectivity index (χ3n) is 3.46. The first-order valence-electron chi connectivity index (χ1n) is 7.91. The third kappa shape index (κ3) is 5.89. The number of carbonyl (C=O) groups excluding carboxylic acids is 3. The van der Waals surface area contributed by atoms with Crippen LogP contribution in [0.3, 0.4) is 0 Å². The van der Waals surface area contributed by atoms with E-state index in [1.165, 1.54) is 19.9 Å². The second-order valence-electron chi connectivity index (χ2n) is 5.64. The van der Waals surface area contributed by atoms with E-state index in [1.807, 2.05) is 12.1 Å². The van der Waals surface area contributed by atoms with Crippen LogP contribution in [0.5, 0.6) is 5.75 Å². The molecular weight excluding hydrogens is 356 g/mol. The second-order valence-corrected chi connectivity index (χ2v) is 6.08. The predicted molar refractivity (Wildman–Crippen MR) is 99.5 cm³/mol. The molecule has 0 unspecified atom stereocenters. The number of Topliss-reactive ketones (excluding diaryl/α,β-unsaturated/α-hetero) is 1. The summed E-state index contributed by atoms with van der Waals surface area (Å²) < 4.78 is 5.50. The van der Waals surface area contributed by atoms with Gasteiger partial charge < -0.3 is 15.4 Å². The Morgan fingerprint density at radius 3 is 2.35 bits per heavy atom. The molecule has 2 aromatic carbocycles. The maximum atomic E-state index is 12.0. The summed E-state index contributed by atoms with van der Waals surface area (Å²) >= 11 is 5.82. The van der Waals surface area contributed by atoms with E-state index in [0.717, 1.165) is 5.56 Å². The number of halogens is 1. The van der Waals surface area contributed by atoms with Gasteiger partial charge in [0.15, 0.2) is 12.4 Å². The number of rotatable bonds is 7. The molecule has 0 aliphatic carbocycles. The minimum absolute atomic E-state index is 0.142. The number of benzene rings is 2. The van der Waals surface area contributed by atoms with Crippen molar-refractivity contribution in [3.8, 4) is 5.75 Å². The summed E-state index contributed by atoms with van der Waals surface area (Å²) in [6.07, 6.45) is 0. The molecule has 2 aromatic rings. The van der Waals surface area contributed by atoms with Gasteiger partial charge in [0.2, 0.25) is 5.91 Å². The van der Waals surface area contributed by atoms with E-state index in [0.29, 0.717) is 22.8 Å². The van der Waals surface area contributed by atoms with Crippen LogP contribution < -0.4 is 15.4 Å². The van der Waals surface area contributed by atoms with Crippen LogP contribution in [0.25, 0.3) is 0 Å². The number of anilines is 1. The lowest BCUT2D eigenvalue weighted by atomic mass is 10.1. The molecule has 2 N–H and O–H groups in total. The second kappa shape index (κ2) is 9.01. The van der Waals surface area contributed by atoms with Crippen molar-refractivity contribution < 1.29 is 19.1 Å². The largest absolute Gasteiger partial charge is 0.482 e. The highest BCUT2D eigenvalue weighted by atomic mass is 35.5. The maximum Gasteiger partial charge on any atom is 0.258 e. The SMILES string of the molecule is CC(=O)Nc1ccc(C(C)=O)cc1OCC(=O)NCc1ccc(Cl)cc1. The molecule has 0 saturated carbocycles. The first kappa shape index (κ1) is 19.5. The van der Waals surface area contributed by atoms with Gasteiger partial charge in [0.25, 0.3) is 5.91 Å². The van der Waals surface area contributed by atoms with E-state index in [9.17, 15) is 14.4 Å². The van der Waals surface area contributed by atoms with Gasteiger partial charge in [-0.3, -0.25) is 14.4 Å². The number of hydrogen-bond donors (Lipinski definition) is 2. The van der Waals surface area contributed by atoms with Gasteiger partial charge in [0.1, 0.15) is 5.75 Å². The summed E-state index contributed by atoms with van der Waals surface area (Å²) in [4.78, 5) is 34.8. The Kier molecular flexibility index (Phi) is 6.74. The van der Waals surface area contributed by atoms with Gasteiger partial charge in [-0.1, -0.05) is 23.7 Å². The summed E-state index contributed by atoms with van der Waals surface area (Å²) in [6, 6.07) is 11.8. The molecule has 2 rings (SSSR count). The van der Waals surface area contributed by atoms with Crippen molar-refractivity contribution in [1.82, 2.24) is 5.32 Å². The molecule has 0 atom stereocenters. The number of carbonyl (C=O) groups is 3. The Morgan fingerprint density at radius 2 is 1.73 bits per heavy atom. The van der Waals surface area contributed by atoms with Gasteiger partial charge in [-0.25, -0.2) is 0 Å². The fraction of sp³-hybridized carbons (Fsp3) is 0.211. The molecule has 136 valence electrons. The Bertz CT molecular complexity index is 819. The highest BCUT2D eigenvalue weighted by Crippen LogP contribution is 2.26. The van der Waals surface area contributed by atoms with E-state index in [4.69, 9.17) is 16.3 Å². The Morgan fingerprint density at radius 1 is 1.04 bits per heavy atom. The fourth-order valence-electron chi connectivity index (χ4n) is 2.15. The summed E-state index contributed by atoms with van der Waals surface area (Å²) in [5.41, 5.74) is 1.73. The minimum Gasteiger partial charge on any atom is -0.482 e. The summed E-state index contributed by atoms with van der Waals surface area (Å²) in [7, 11) is 0. The number of ether oxygens (including phenoxy) is 1. The lowest BCUT2D eigenvalue weighted by Crippen LogP contribution is -2.28. The van der Waals surface area contributed by atoms with Crippen LogP contribution in [0.1, 0.15) is 29.8 Å². The van der Waals surface area contributed by atoms with Crippen molar-refractivity contribution in [2.24, 2.45) is 0 Å². The molecule has 0 heterocycles. The zero-order valence-corrected chi connectivity index (χ0v) is 15.2. The van der Waals surface area contributed by atoms with Gasteiger partial charge in [-0.05, 0) is 42.8 Å². The molecule has 0 bridgehead atoms. The lowest BCUT2D eigenvalue weighted by molar-refractivity contribution is -0.123. The van der Waals surface area contributed by atoms with Crippen molar-refractivity contribution >= 4 is 34.9 Å². The van der Waals surface area contributed by atoms with Crippen LogP contribution in [-0.2, 0) is 16.1 Å². The first-order valence-corrected chi connectivity index (χ1v) is 8.29. The number of nitrogens with one attached hydrogen (secondary N) is 2. The maximum absolute atomic E-state index is 12.0.